The summed E-state index contributed by atoms with van der Waals surface area (Å²) in [6, 6.07) is 11.6. The Bertz CT molecular complexity index is 1140. The van der Waals surface area contributed by atoms with Gasteiger partial charge < -0.3 is 10.1 Å². The van der Waals surface area contributed by atoms with Crippen molar-refractivity contribution < 1.29 is 13.9 Å². The smallest absolute Gasteiger partial charge is 0.226 e. The van der Waals surface area contributed by atoms with Crippen molar-refractivity contribution in [1.82, 2.24) is 14.8 Å². The van der Waals surface area contributed by atoms with E-state index in [0.717, 1.165) is 29.7 Å². The normalized spacial score (nSPS) is 17.9. The van der Waals surface area contributed by atoms with E-state index in [1.165, 1.54) is 12.4 Å². The fraction of sp³-hybridized carbons (Fsp3) is 0.227. The lowest BCUT2D eigenvalue weighted by molar-refractivity contribution is -0.116. The van der Waals surface area contributed by atoms with Gasteiger partial charge in [0.1, 0.15) is 30.5 Å². The third kappa shape index (κ3) is 3.25. The molecule has 8 heteroatoms. The summed E-state index contributed by atoms with van der Waals surface area (Å²) in [7, 11) is 0. The quantitative estimate of drug-likeness (QED) is 0.659. The highest BCUT2D eigenvalue weighted by molar-refractivity contribution is 6.31. The van der Waals surface area contributed by atoms with Crippen molar-refractivity contribution in [3.8, 4) is 5.75 Å². The summed E-state index contributed by atoms with van der Waals surface area (Å²) in [5.41, 5.74) is 2.89. The first-order valence-electron chi connectivity index (χ1n) is 9.70. The number of nitrogens with zero attached hydrogens (tertiary/aromatic N) is 3. The van der Waals surface area contributed by atoms with Gasteiger partial charge in [-0.3, -0.25) is 4.79 Å². The molecule has 1 aliphatic heterocycles. The summed E-state index contributed by atoms with van der Waals surface area (Å²) >= 11 is 6.06. The van der Waals surface area contributed by atoms with Gasteiger partial charge in [-0.1, -0.05) is 29.8 Å². The summed E-state index contributed by atoms with van der Waals surface area (Å²) in [4.78, 5) is 17.0. The molecular weight excluding hydrogens is 407 g/mol. The molecule has 0 fully saturated rings. The van der Waals surface area contributed by atoms with Gasteiger partial charge in [-0.15, -0.1) is 0 Å². The van der Waals surface area contributed by atoms with Crippen LogP contribution in [0.3, 0.4) is 0 Å². The number of carbonyl (C=O) groups excluding carboxylic acids is 1. The number of fused-ring (bicyclic) bond motifs is 1. The maximum Gasteiger partial charge on any atom is 0.226 e. The van der Waals surface area contributed by atoms with Crippen LogP contribution in [0.1, 0.15) is 36.4 Å². The van der Waals surface area contributed by atoms with Crippen molar-refractivity contribution in [1.29, 1.82) is 0 Å². The summed E-state index contributed by atoms with van der Waals surface area (Å²) in [5, 5.41) is 7.90. The summed E-state index contributed by atoms with van der Waals surface area (Å²) in [5.74, 6) is 0.935. The third-order valence-electron chi connectivity index (χ3n) is 5.45. The molecule has 1 aromatic heterocycles. The Hall–Kier alpha value is -3.19. The number of hydrogen-bond donors (Lipinski definition) is 1. The Kier molecular flexibility index (Phi) is 4.75. The zero-order valence-electron chi connectivity index (χ0n) is 15.9. The van der Waals surface area contributed by atoms with Crippen LogP contribution in [0.4, 0.5) is 10.3 Å². The van der Waals surface area contributed by atoms with Gasteiger partial charge in [0.15, 0.2) is 5.78 Å². The molecule has 3 aromatic rings. The maximum absolute atomic E-state index is 13.9. The van der Waals surface area contributed by atoms with Crippen LogP contribution in [0, 0.1) is 5.82 Å². The number of allylic oxidation sites excluding steroid dienone is 2. The number of nitrogens with one attached hydrogen (secondary N) is 1. The Morgan fingerprint density at radius 3 is 2.83 bits per heavy atom. The number of ketones is 1. The minimum absolute atomic E-state index is 0.0270. The number of rotatable bonds is 4. The molecule has 152 valence electrons. The van der Waals surface area contributed by atoms with Crippen molar-refractivity contribution in [3.63, 3.8) is 0 Å². The Labute approximate surface area is 177 Å². The van der Waals surface area contributed by atoms with Crippen LogP contribution in [0.2, 0.25) is 5.02 Å². The van der Waals surface area contributed by atoms with Crippen LogP contribution >= 0.6 is 11.6 Å². The number of benzene rings is 2. The Morgan fingerprint density at radius 1 is 1.20 bits per heavy atom. The third-order valence-corrected chi connectivity index (χ3v) is 5.80. The SMILES string of the molecule is O=C1CCCC2=C1C(c1ccc(OCc3c(F)cccc3Cl)cc1)n1ncnc1N2. The van der Waals surface area contributed by atoms with E-state index in [0.29, 0.717) is 28.7 Å². The highest BCUT2D eigenvalue weighted by Gasteiger charge is 2.35. The van der Waals surface area contributed by atoms with Gasteiger partial charge in [0.2, 0.25) is 5.95 Å². The predicted octanol–water partition coefficient (Wildman–Crippen LogP) is 4.67. The highest BCUT2D eigenvalue weighted by atomic mass is 35.5. The van der Waals surface area contributed by atoms with Gasteiger partial charge in [0.25, 0.3) is 0 Å². The van der Waals surface area contributed by atoms with Crippen LogP contribution in [0.5, 0.6) is 5.75 Å². The monoisotopic (exact) mass is 424 g/mol. The number of hydrogen-bond acceptors (Lipinski definition) is 5. The first-order chi connectivity index (χ1) is 14.6. The van der Waals surface area contributed by atoms with Crippen LogP contribution < -0.4 is 10.1 Å². The van der Waals surface area contributed by atoms with Crippen LogP contribution in [-0.2, 0) is 11.4 Å². The minimum atomic E-state index is -0.400. The largest absolute Gasteiger partial charge is 0.489 e. The number of halogens is 2. The first kappa shape index (κ1) is 18.8. The molecule has 0 saturated carbocycles. The van der Waals surface area contributed by atoms with E-state index >= 15 is 0 Å². The summed E-state index contributed by atoms with van der Waals surface area (Å²) in [6.45, 7) is 0.0270. The van der Waals surface area contributed by atoms with E-state index in [4.69, 9.17) is 16.3 Å². The standard InChI is InChI=1S/C22H18ClFN4O2/c23-16-3-1-4-17(24)15(16)11-30-14-9-7-13(8-10-14)21-20-18(5-2-6-19(20)29)27-22-25-12-26-28(21)22/h1,3-4,7-10,12,21H,2,5-6,11H2,(H,25,26,27). The number of ether oxygens (including phenoxy) is 1. The predicted molar refractivity (Wildman–Crippen MR) is 110 cm³/mol. The van der Waals surface area contributed by atoms with Gasteiger partial charge in [-0.05, 0) is 42.7 Å². The lowest BCUT2D eigenvalue weighted by Gasteiger charge is -2.32. The van der Waals surface area contributed by atoms with Gasteiger partial charge in [0.05, 0.1) is 5.02 Å². The molecule has 6 nitrogen and oxygen atoms in total. The Balaban J connectivity index is 1.42. The van der Waals surface area contributed by atoms with Gasteiger partial charge in [-0.25, -0.2) is 9.07 Å². The summed E-state index contributed by atoms with van der Waals surface area (Å²) in [6.07, 6.45) is 3.66. The molecule has 1 atom stereocenters. The highest BCUT2D eigenvalue weighted by Crippen LogP contribution is 2.39. The minimum Gasteiger partial charge on any atom is -0.489 e. The fourth-order valence-corrected chi connectivity index (χ4v) is 4.19. The van der Waals surface area contributed by atoms with E-state index in [-0.39, 0.29) is 18.4 Å². The van der Waals surface area contributed by atoms with Gasteiger partial charge >= 0.3 is 0 Å². The molecule has 5 rings (SSSR count). The van der Waals surface area contributed by atoms with Crippen molar-refractivity contribution >= 4 is 23.3 Å². The van der Waals surface area contributed by atoms with Crippen molar-refractivity contribution in [3.05, 3.63) is 82.0 Å². The molecule has 2 heterocycles. The average molecular weight is 425 g/mol. The lowest BCUT2D eigenvalue weighted by Crippen LogP contribution is -2.31. The molecule has 0 bridgehead atoms. The van der Waals surface area contributed by atoms with E-state index in [9.17, 15) is 9.18 Å². The number of aromatic nitrogens is 3. The molecule has 2 aliphatic rings. The van der Waals surface area contributed by atoms with Crippen molar-refractivity contribution in [2.45, 2.75) is 31.9 Å². The fourth-order valence-electron chi connectivity index (χ4n) is 3.98. The molecule has 0 saturated heterocycles. The van der Waals surface area contributed by atoms with E-state index in [2.05, 4.69) is 15.4 Å². The molecule has 1 aliphatic carbocycles. The van der Waals surface area contributed by atoms with Crippen molar-refractivity contribution in [2.24, 2.45) is 0 Å². The van der Waals surface area contributed by atoms with Crippen molar-refractivity contribution in [2.75, 3.05) is 5.32 Å². The Morgan fingerprint density at radius 2 is 2.03 bits per heavy atom. The molecular formula is C22H18ClFN4O2. The zero-order chi connectivity index (χ0) is 20.7. The van der Waals surface area contributed by atoms with Crippen LogP contribution in [0.15, 0.2) is 60.1 Å². The second kappa shape index (κ2) is 7.57. The summed E-state index contributed by atoms with van der Waals surface area (Å²) < 4.78 is 21.4. The molecule has 1 unspecified atom stereocenters. The van der Waals surface area contributed by atoms with E-state index in [1.807, 2.05) is 12.1 Å². The zero-order valence-corrected chi connectivity index (χ0v) is 16.7. The molecule has 30 heavy (non-hydrogen) atoms. The first-order valence-corrected chi connectivity index (χ1v) is 10.1. The van der Waals surface area contributed by atoms with Crippen LogP contribution in [-0.4, -0.2) is 20.5 Å². The number of anilines is 1. The van der Waals surface area contributed by atoms with Gasteiger partial charge in [0, 0.05) is 23.3 Å². The van der Waals surface area contributed by atoms with E-state index in [1.54, 1.807) is 28.9 Å². The topological polar surface area (TPSA) is 69.0 Å². The maximum atomic E-state index is 13.9. The second-order valence-corrected chi connectivity index (χ2v) is 7.69. The lowest BCUT2D eigenvalue weighted by atomic mass is 9.85. The van der Waals surface area contributed by atoms with E-state index < -0.39 is 5.82 Å². The molecule has 0 radical (unpaired) electrons. The average Bonchev–Trinajstić information content (AvgIpc) is 3.21. The molecule has 0 amide bonds. The molecule has 2 aromatic carbocycles. The molecule has 1 N–H and O–H groups in total. The molecule has 0 spiro atoms. The second-order valence-electron chi connectivity index (χ2n) is 7.28. The van der Waals surface area contributed by atoms with Crippen LogP contribution in [0.25, 0.3) is 0 Å². The van der Waals surface area contributed by atoms with Gasteiger partial charge in [-0.2, -0.15) is 10.1 Å². The number of carbonyl (C=O) groups is 1. The number of Topliss-reactive ketones (excluding diaryl/α,β-unsaturated/α-hetero) is 1.